The molecule has 0 unspecified atom stereocenters. The van der Waals surface area contributed by atoms with Gasteiger partial charge in [-0.05, 0) is 0 Å². The zero-order valence-electron chi connectivity index (χ0n) is 5.92. The van der Waals surface area contributed by atoms with Crippen LogP contribution in [0.25, 0.3) is 0 Å². The number of hydrogen-bond acceptors (Lipinski definition) is 4. The Morgan fingerprint density at radius 3 is 3.18 bits per heavy atom. The minimum atomic E-state index is -0.417. The molecule has 0 aliphatic carbocycles. The zero-order valence-corrected chi connectivity index (χ0v) is 7.49. The van der Waals surface area contributed by atoms with Crippen LogP contribution in [0.1, 0.15) is 0 Å². The summed E-state index contributed by atoms with van der Waals surface area (Å²) in [5, 5.41) is 0. The maximum absolute atomic E-state index is 10.6. The average molecular weight is 197 g/mol. The van der Waals surface area contributed by atoms with Crippen molar-refractivity contribution in [2.45, 2.75) is 6.29 Å². The van der Waals surface area contributed by atoms with Gasteiger partial charge >= 0.3 is 5.97 Å². The summed E-state index contributed by atoms with van der Waals surface area (Å²) < 4.78 is 9.95. The molecule has 5 heteroatoms. The number of alkyl halides is 1. The van der Waals surface area contributed by atoms with Crippen LogP contribution in [0.3, 0.4) is 0 Å². The van der Waals surface area contributed by atoms with Gasteiger partial charge in [0.1, 0.15) is 5.88 Å². The highest BCUT2D eigenvalue weighted by Crippen LogP contribution is 2.13. The lowest BCUT2D eigenvalue weighted by Gasteiger charge is -2.21. The summed E-state index contributed by atoms with van der Waals surface area (Å²) in [7, 11) is 0. The molecule has 1 fully saturated rings. The van der Waals surface area contributed by atoms with Crippen molar-refractivity contribution in [3.8, 4) is 0 Å². The van der Waals surface area contributed by atoms with E-state index >= 15 is 0 Å². The van der Waals surface area contributed by atoms with Gasteiger partial charge in [0, 0.05) is 5.75 Å². The molecule has 0 spiro atoms. The molecule has 0 aromatic heterocycles. The van der Waals surface area contributed by atoms with Crippen LogP contribution in [0.2, 0.25) is 0 Å². The molecule has 1 rings (SSSR count). The molecule has 1 atom stereocenters. The number of ether oxygens (including phenoxy) is 2. The number of thioether (sulfide) groups is 1. The van der Waals surface area contributed by atoms with E-state index in [-0.39, 0.29) is 12.2 Å². The van der Waals surface area contributed by atoms with E-state index in [9.17, 15) is 4.79 Å². The first-order valence-electron chi connectivity index (χ1n) is 3.27. The van der Waals surface area contributed by atoms with E-state index in [4.69, 9.17) is 21.1 Å². The minimum absolute atomic E-state index is 0.107. The molecular formula is C6H9ClO3S. The van der Waals surface area contributed by atoms with E-state index in [0.29, 0.717) is 12.4 Å². The molecule has 0 saturated carbocycles. The Balaban J connectivity index is 2.19. The van der Waals surface area contributed by atoms with Crippen molar-refractivity contribution in [2.24, 2.45) is 0 Å². The van der Waals surface area contributed by atoms with Crippen molar-refractivity contribution in [1.29, 1.82) is 0 Å². The fourth-order valence-electron chi connectivity index (χ4n) is 0.712. The quantitative estimate of drug-likeness (QED) is 0.485. The molecule has 0 aromatic carbocycles. The first kappa shape index (κ1) is 9.16. The Labute approximate surface area is 74.4 Å². The predicted molar refractivity (Wildman–Crippen MR) is 43.9 cm³/mol. The van der Waals surface area contributed by atoms with Crippen molar-refractivity contribution in [3.63, 3.8) is 0 Å². The summed E-state index contributed by atoms with van der Waals surface area (Å²) >= 11 is 6.94. The minimum Gasteiger partial charge on any atom is -0.434 e. The van der Waals surface area contributed by atoms with E-state index in [1.807, 2.05) is 0 Å². The molecule has 11 heavy (non-hydrogen) atoms. The third-order valence-electron chi connectivity index (χ3n) is 1.16. The normalized spacial score (nSPS) is 24.6. The number of carbonyl (C=O) groups excluding carboxylic acids is 1. The Hall–Kier alpha value is 0.0700. The van der Waals surface area contributed by atoms with Crippen LogP contribution in [0, 0.1) is 0 Å². The number of esters is 1. The third-order valence-corrected chi connectivity index (χ3v) is 2.34. The highest BCUT2D eigenvalue weighted by molar-refractivity contribution is 7.99. The van der Waals surface area contributed by atoms with E-state index < -0.39 is 5.97 Å². The summed E-state index contributed by atoms with van der Waals surface area (Å²) in [4.78, 5) is 10.6. The highest BCUT2D eigenvalue weighted by Gasteiger charge is 2.17. The molecule has 1 aliphatic rings. The molecule has 0 N–H and O–H groups in total. The van der Waals surface area contributed by atoms with Crippen LogP contribution >= 0.6 is 23.4 Å². The molecule has 0 radical (unpaired) electrons. The van der Waals surface area contributed by atoms with Crippen molar-refractivity contribution in [2.75, 3.05) is 24.0 Å². The first-order chi connectivity index (χ1) is 5.33. The molecule has 1 aliphatic heterocycles. The molecule has 3 nitrogen and oxygen atoms in total. The smallest absolute Gasteiger partial charge is 0.323 e. The second-order valence-electron chi connectivity index (χ2n) is 2.00. The Morgan fingerprint density at radius 1 is 1.82 bits per heavy atom. The summed E-state index contributed by atoms with van der Waals surface area (Å²) in [6.45, 7) is 0.644. The summed E-state index contributed by atoms with van der Waals surface area (Å²) in [5.41, 5.74) is 0. The lowest BCUT2D eigenvalue weighted by molar-refractivity contribution is -0.170. The van der Waals surface area contributed by atoms with E-state index in [1.54, 1.807) is 11.8 Å². The van der Waals surface area contributed by atoms with E-state index in [0.717, 1.165) is 5.75 Å². The molecule has 0 bridgehead atoms. The molecular weight excluding hydrogens is 188 g/mol. The van der Waals surface area contributed by atoms with Crippen LogP contribution in [0.4, 0.5) is 0 Å². The van der Waals surface area contributed by atoms with Crippen molar-refractivity contribution < 1.29 is 14.3 Å². The fourth-order valence-corrected chi connectivity index (χ4v) is 1.51. The van der Waals surface area contributed by atoms with Crippen molar-refractivity contribution >= 4 is 29.3 Å². The lowest BCUT2D eigenvalue weighted by atomic mass is 10.7. The van der Waals surface area contributed by atoms with Crippen LogP contribution in [0.15, 0.2) is 0 Å². The zero-order chi connectivity index (χ0) is 8.10. The van der Waals surface area contributed by atoms with Crippen LogP contribution < -0.4 is 0 Å². The monoisotopic (exact) mass is 196 g/mol. The van der Waals surface area contributed by atoms with Crippen molar-refractivity contribution in [3.05, 3.63) is 0 Å². The van der Waals surface area contributed by atoms with Crippen molar-refractivity contribution in [1.82, 2.24) is 0 Å². The van der Waals surface area contributed by atoms with Gasteiger partial charge in [-0.3, -0.25) is 4.79 Å². The number of rotatable bonds is 2. The second-order valence-corrected chi connectivity index (χ2v) is 3.42. The van der Waals surface area contributed by atoms with Gasteiger partial charge < -0.3 is 9.47 Å². The highest BCUT2D eigenvalue weighted by atomic mass is 35.5. The Kier molecular flexibility index (Phi) is 4.04. The maximum Gasteiger partial charge on any atom is 0.323 e. The standard InChI is InChI=1S/C6H9ClO3S/c7-3-5(8)10-6-4-11-2-1-9-6/h6H,1-4H2/t6-/m0/s1. The number of halogens is 1. The summed E-state index contributed by atoms with van der Waals surface area (Å²) in [6.07, 6.45) is -0.389. The topological polar surface area (TPSA) is 35.5 Å². The van der Waals surface area contributed by atoms with Gasteiger partial charge in [0.2, 0.25) is 6.29 Å². The predicted octanol–water partition coefficient (Wildman–Crippen LogP) is 0.858. The molecule has 0 aromatic rings. The number of hydrogen-bond donors (Lipinski definition) is 0. The second kappa shape index (κ2) is 4.85. The van der Waals surface area contributed by atoms with Crippen LogP contribution in [-0.2, 0) is 14.3 Å². The van der Waals surface area contributed by atoms with Crippen LogP contribution in [0.5, 0.6) is 0 Å². The molecule has 1 heterocycles. The maximum atomic E-state index is 10.6. The SMILES string of the molecule is O=C(CCl)O[C@H]1CSCCO1. The van der Waals surface area contributed by atoms with E-state index in [1.165, 1.54) is 0 Å². The average Bonchev–Trinajstić information content (AvgIpc) is 2.06. The molecule has 0 amide bonds. The Morgan fingerprint density at radius 2 is 2.64 bits per heavy atom. The largest absolute Gasteiger partial charge is 0.434 e. The van der Waals surface area contributed by atoms with Gasteiger partial charge in [-0.1, -0.05) is 0 Å². The van der Waals surface area contributed by atoms with Gasteiger partial charge in [-0.2, -0.15) is 11.8 Å². The summed E-state index contributed by atoms with van der Waals surface area (Å²) in [5.74, 6) is 1.15. The van der Waals surface area contributed by atoms with Gasteiger partial charge in [0.25, 0.3) is 0 Å². The Bertz CT molecular complexity index is 136. The van der Waals surface area contributed by atoms with Gasteiger partial charge in [-0.15, -0.1) is 11.6 Å². The first-order valence-corrected chi connectivity index (χ1v) is 4.96. The van der Waals surface area contributed by atoms with E-state index in [2.05, 4.69) is 0 Å². The van der Waals surface area contributed by atoms with Gasteiger partial charge in [-0.25, -0.2) is 0 Å². The molecule has 1 saturated heterocycles. The van der Waals surface area contributed by atoms with Gasteiger partial charge in [0.05, 0.1) is 12.4 Å². The lowest BCUT2D eigenvalue weighted by Crippen LogP contribution is -2.28. The third kappa shape index (κ3) is 3.31. The fraction of sp³-hybridized carbons (Fsp3) is 0.833. The molecule has 64 valence electrons. The summed E-state index contributed by atoms with van der Waals surface area (Å²) in [6, 6.07) is 0. The van der Waals surface area contributed by atoms with Gasteiger partial charge in [0.15, 0.2) is 0 Å². The number of carbonyl (C=O) groups is 1. The van der Waals surface area contributed by atoms with Crippen LogP contribution in [-0.4, -0.2) is 36.3 Å².